The van der Waals surface area contributed by atoms with E-state index in [0.29, 0.717) is 29.4 Å². The highest BCUT2D eigenvalue weighted by Gasteiger charge is 2.19. The van der Waals surface area contributed by atoms with E-state index in [9.17, 15) is 13.2 Å². The highest BCUT2D eigenvalue weighted by atomic mass is 32.2. The summed E-state index contributed by atoms with van der Waals surface area (Å²) in [6, 6.07) is 8.96. The molecule has 0 fully saturated rings. The molecule has 0 aliphatic carbocycles. The van der Waals surface area contributed by atoms with Crippen LogP contribution in [0.2, 0.25) is 0 Å². The predicted molar refractivity (Wildman–Crippen MR) is 84.2 cm³/mol. The van der Waals surface area contributed by atoms with E-state index in [1.807, 2.05) is 0 Å². The molecule has 0 atom stereocenters. The molecule has 2 N–H and O–H groups in total. The Balaban J connectivity index is 2.20. The molecule has 0 spiro atoms. The van der Waals surface area contributed by atoms with Gasteiger partial charge in [-0.2, -0.15) is 0 Å². The van der Waals surface area contributed by atoms with E-state index in [0.717, 1.165) is 0 Å². The van der Waals surface area contributed by atoms with Crippen molar-refractivity contribution in [1.29, 1.82) is 0 Å². The Labute approximate surface area is 131 Å². The molecule has 1 heterocycles. The molecule has 8 heteroatoms. The molecule has 0 aliphatic heterocycles. The molecule has 0 bridgehead atoms. The van der Waals surface area contributed by atoms with E-state index in [-0.39, 0.29) is 9.09 Å². The molecule has 6 nitrogen and oxygen atoms in total. The number of rotatable bonds is 7. The van der Waals surface area contributed by atoms with E-state index >= 15 is 0 Å². The minimum Gasteiger partial charge on any atom is -0.489 e. The van der Waals surface area contributed by atoms with Crippen molar-refractivity contribution >= 4 is 33.0 Å². The lowest BCUT2D eigenvalue weighted by atomic mass is 10.3. The maximum absolute atomic E-state index is 12.2. The molecule has 0 aliphatic rings. The van der Waals surface area contributed by atoms with Crippen molar-refractivity contribution in [1.82, 2.24) is 0 Å². The Kier molecular flexibility index (Phi) is 4.84. The number of hydrogen-bond acceptors (Lipinski definition) is 5. The first kappa shape index (κ1) is 16.1. The average Bonchev–Trinajstić information content (AvgIpc) is 2.96. The highest BCUT2D eigenvalue weighted by molar-refractivity contribution is 7.94. The zero-order chi connectivity index (χ0) is 16.2. The Bertz CT molecular complexity index is 795. The first-order valence-electron chi connectivity index (χ1n) is 6.12. The summed E-state index contributed by atoms with van der Waals surface area (Å²) in [4.78, 5) is 10.8. The number of hydrogen-bond donors (Lipinski definition) is 2. The Morgan fingerprint density at radius 1 is 1.36 bits per heavy atom. The van der Waals surface area contributed by atoms with Crippen LogP contribution in [0.15, 0.2) is 53.3 Å². The van der Waals surface area contributed by atoms with Crippen LogP contribution in [0.5, 0.6) is 5.75 Å². The predicted octanol–water partition coefficient (Wildman–Crippen LogP) is 2.81. The van der Waals surface area contributed by atoms with Gasteiger partial charge in [0.1, 0.15) is 21.4 Å². The number of anilines is 1. The largest absolute Gasteiger partial charge is 0.489 e. The van der Waals surface area contributed by atoms with Crippen molar-refractivity contribution in [3.63, 3.8) is 0 Å². The van der Waals surface area contributed by atoms with Crippen LogP contribution in [0.1, 0.15) is 9.67 Å². The summed E-state index contributed by atoms with van der Waals surface area (Å²) < 4.78 is 32.1. The van der Waals surface area contributed by atoms with Crippen molar-refractivity contribution in [3.8, 4) is 5.75 Å². The number of ether oxygens (including phenoxy) is 1. The van der Waals surface area contributed by atoms with E-state index in [1.165, 1.54) is 18.2 Å². The molecular weight excluding hydrogens is 326 g/mol. The lowest BCUT2D eigenvalue weighted by molar-refractivity contribution is 0.0702. The number of nitrogens with one attached hydrogen (secondary N) is 1. The van der Waals surface area contributed by atoms with Gasteiger partial charge in [0.2, 0.25) is 0 Å². The molecule has 1 aromatic carbocycles. The third kappa shape index (κ3) is 3.86. The van der Waals surface area contributed by atoms with E-state index in [1.54, 1.807) is 24.3 Å². The summed E-state index contributed by atoms with van der Waals surface area (Å²) in [5.41, 5.74) is 0.326. The smallest absolute Gasteiger partial charge is 0.345 e. The van der Waals surface area contributed by atoms with Crippen LogP contribution >= 0.6 is 11.3 Å². The third-order valence-corrected chi connectivity index (χ3v) is 5.46. The summed E-state index contributed by atoms with van der Waals surface area (Å²) in [5, 5.41) is 8.84. The van der Waals surface area contributed by atoms with Crippen LogP contribution in [0.25, 0.3) is 0 Å². The molecule has 22 heavy (non-hydrogen) atoms. The van der Waals surface area contributed by atoms with E-state index in [4.69, 9.17) is 9.84 Å². The van der Waals surface area contributed by atoms with Gasteiger partial charge in [0.15, 0.2) is 0 Å². The second-order valence-electron chi connectivity index (χ2n) is 4.16. The maximum atomic E-state index is 12.2. The van der Waals surface area contributed by atoms with Crippen molar-refractivity contribution in [2.45, 2.75) is 4.21 Å². The average molecular weight is 339 g/mol. The summed E-state index contributed by atoms with van der Waals surface area (Å²) in [7, 11) is -3.83. The third-order valence-electron chi connectivity index (χ3n) is 2.51. The van der Waals surface area contributed by atoms with Gasteiger partial charge in [0.05, 0.1) is 5.69 Å². The van der Waals surface area contributed by atoms with Crippen molar-refractivity contribution in [3.05, 3.63) is 53.9 Å². The van der Waals surface area contributed by atoms with Gasteiger partial charge in [0.25, 0.3) is 10.0 Å². The second kappa shape index (κ2) is 6.63. The number of carboxylic acid groups (broad SMARTS) is 1. The van der Waals surface area contributed by atoms with Crippen LogP contribution in [-0.4, -0.2) is 26.1 Å². The summed E-state index contributed by atoms with van der Waals surface area (Å²) in [6.45, 7) is 3.84. The highest BCUT2D eigenvalue weighted by Crippen LogP contribution is 2.25. The number of carbonyl (C=O) groups is 1. The van der Waals surface area contributed by atoms with Crippen LogP contribution in [0.3, 0.4) is 0 Å². The van der Waals surface area contributed by atoms with Gasteiger partial charge in [0, 0.05) is 6.07 Å². The molecule has 0 amide bonds. The minimum atomic E-state index is -3.83. The number of benzene rings is 1. The number of carboxylic acids is 1. The standard InChI is InChI=1S/C14H13NO5S2/c1-2-8-20-11-5-3-4-10(9-11)15-22(18,19)13-7-6-12(21-13)14(16)17/h2-7,9,15H,1,8H2,(H,16,17). The molecule has 116 valence electrons. The maximum Gasteiger partial charge on any atom is 0.345 e. The zero-order valence-electron chi connectivity index (χ0n) is 11.4. The molecule has 0 radical (unpaired) electrons. The fraction of sp³-hybridized carbons (Fsp3) is 0.0714. The van der Waals surface area contributed by atoms with E-state index in [2.05, 4.69) is 11.3 Å². The van der Waals surface area contributed by atoms with Gasteiger partial charge >= 0.3 is 5.97 Å². The topological polar surface area (TPSA) is 92.7 Å². The molecule has 2 rings (SSSR count). The van der Waals surface area contributed by atoms with Gasteiger partial charge in [-0.1, -0.05) is 18.7 Å². The normalized spacial score (nSPS) is 10.9. The summed E-state index contributed by atoms with van der Waals surface area (Å²) in [5.74, 6) is -0.663. The number of thiophene rings is 1. The lowest BCUT2D eigenvalue weighted by Crippen LogP contribution is -2.11. The first-order chi connectivity index (χ1) is 10.4. The van der Waals surface area contributed by atoms with Gasteiger partial charge in [-0.15, -0.1) is 11.3 Å². The SMILES string of the molecule is C=CCOc1cccc(NS(=O)(=O)c2ccc(C(=O)O)s2)c1. The van der Waals surface area contributed by atoms with Gasteiger partial charge in [-0.25, -0.2) is 13.2 Å². The van der Waals surface area contributed by atoms with Crippen LogP contribution in [0, 0.1) is 0 Å². The first-order valence-corrected chi connectivity index (χ1v) is 8.42. The molecule has 0 saturated heterocycles. The lowest BCUT2D eigenvalue weighted by Gasteiger charge is -2.08. The van der Waals surface area contributed by atoms with Crippen LogP contribution in [0.4, 0.5) is 5.69 Å². The molecule has 0 unspecified atom stereocenters. The van der Waals surface area contributed by atoms with Crippen molar-refractivity contribution in [2.75, 3.05) is 11.3 Å². The summed E-state index contributed by atoms with van der Waals surface area (Å²) >= 11 is 0.691. The molecular formula is C14H13NO5S2. The minimum absolute atomic E-state index is 0.0385. The zero-order valence-corrected chi connectivity index (χ0v) is 13.0. The Morgan fingerprint density at radius 2 is 2.14 bits per heavy atom. The van der Waals surface area contributed by atoms with E-state index < -0.39 is 16.0 Å². The van der Waals surface area contributed by atoms with Gasteiger partial charge in [-0.3, -0.25) is 4.72 Å². The van der Waals surface area contributed by atoms with Gasteiger partial charge in [-0.05, 0) is 24.3 Å². The number of aromatic carboxylic acids is 1. The number of sulfonamides is 1. The quantitative estimate of drug-likeness (QED) is 0.757. The molecule has 1 aromatic heterocycles. The monoisotopic (exact) mass is 339 g/mol. The molecule has 0 saturated carbocycles. The molecule has 2 aromatic rings. The van der Waals surface area contributed by atoms with Crippen molar-refractivity contribution in [2.24, 2.45) is 0 Å². The fourth-order valence-electron chi connectivity index (χ4n) is 1.59. The Morgan fingerprint density at radius 3 is 2.77 bits per heavy atom. The summed E-state index contributed by atoms with van der Waals surface area (Å²) in [6.07, 6.45) is 1.58. The Hall–Kier alpha value is -2.32. The van der Waals surface area contributed by atoms with Crippen molar-refractivity contribution < 1.29 is 23.1 Å². The second-order valence-corrected chi connectivity index (χ2v) is 7.15. The van der Waals surface area contributed by atoms with Gasteiger partial charge < -0.3 is 9.84 Å². The van der Waals surface area contributed by atoms with Crippen LogP contribution < -0.4 is 9.46 Å². The van der Waals surface area contributed by atoms with Crippen LogP contribution in [-0.2, 0) is 10.0 Å². The fourth-order valence-corrected chi connectivity index (χ4v) is 3.78.